The summed E-state index contributed by atoms with van der Waals surface area (Å²) in [6.45, 7) is 7.97. The summed E-state index contributed by atoms with van der Waals surface area (Å²) >= 11 is 0. The van der Waals surface area contributed by atoms with Crippen LogP contribution in [-0.2, 0) is 10.3 Å². The molecule has 3 N–H and O–H groups in total. The molecule has 19 heavy (non-hydrogen) atoms. The van der Waals surface area contributed by atoms with Crippen molar-refractivity contribution >= 4 is 5.91 Å². The minimum atomic E-state index is -0.869. The van der Waals surface area contributed by atoms with E-state index in [1.54, 1.807) is 0 Å². The van der Waals surface area contributed by atoms with E-state index in [1.165, 1.54) is 0 Å². The third-order valence-electron chi connectivity index (χ3n) is 3.38. The second-order valence-electron chi connectivity index (χ2n) is 6.10. The van der Waals surface area contributed by atoms with Gasteiger partial charge >= 0.3 is 0 Å². The summed E-state index contributed by atoms with van der Waals surface area (Å²) in [5, 5.41) is 3.35. The zero-order valence-electron chi connectivity index (χ0n) is 12.0. The lowest BCUT2D eigenvalue weighted by molar-refractivity contribution is -0.129. The van der Waals surface area contributed by atoms with E-state index in [-0.39, 0.29) is 11.9 Å². The number of carbonyl (C=O) groups is 1. The van der Waals surface area contributed by atoms with Gasteiger partial charge in [-0.05, 0) is 33.8 Å². The third kappa shape index (κ3) is 2.45. The van der Waals surface area contributed by atoms with Crippen molar-refractivity contribution in [3.05, 3.63) is 29.8 Å². The van der Waals surface area contributed by atoms with Gasteiger partial charge in [0.05, 0.1) is 0 Å². The smallest absolute Gasteiger partial charge is 0.242 e. The Morgan fingerprint density at radius 1 is 1.37 bits per heavy atom. The maximum atomic E-state index is 12.2. The summed E-state index contributed by atoms with van der Waals surface area (Å²) in [7, 11) is 0. The highest BCUT2D eigenvalue weighted by atomic mass is 16.5. The summed E-state index contributed by atoms with van der Waals surface area (Å²) in [5.74, 6) is 0.371. The summed E-state index contributed by atoms with van der Waals surface area (Å²) < 4.78 is 5.96. The number of ether oxygens (including phenoxy) is 1. The van der Waals surface area contributed by atoms with Gasteiger partial charge in [0.1, 0.15) is 16.9 Å². The van der Waals surface area contributed by atoms with Gasteiger partial charge in [-0.2, -0.15) is 0 Å². The van der Waals surface area contributed by atoms with Crippen molar-refractivity contribution in [1.29, 1.82) is 0 Å². The Morgan fingerprint density at radius 3 is 2.58 bits per heavy atom. The van der Waals surface area contributed by atoms with Crippen molar-refractivity contribution in [3.8, 4) is 5.75 Å². The number of hydrogen-bond acceptors (Lipinski definition) is 3. The number of primary amides is 1. The molecule has 0 bridgehead atoms. The Labute approximate surface area is 114 Å². The van der Waals surface area contributed by atoms with E-state index < -0.39 is 11.1 Å². The minimum absolute atomic E-state index is 0.148. The van der Waals surface area contributed by atoms with Crippen molar-refractivity contribution in [1.82, 2.24) is 5.32 Å². The van der Waals surface area contributed by atoms with Crippen LogP contribution in [0.15, 0.2) is 24.3 Å². The van der Waals surface area contributed by atoms with Crippen LogP contribution in [0.2, 0.25) is 0 Å². The molecule has 0 aliphatic carbocycles. The molecule has 1 aliphatic heterocycles. The Hall–Kier alpha value is -1.55. The van der Waals surface area contributed by atoms with Crippen molar-refractivity contribution < 1.29 is 9.53 Å². The largest absolute Gasteiger partial charge is 0.487 e. The van der Waals surface area contributed by atoms with Crippen LogP contribution in [-0.4, -0.2) is 17.6 Å². The second-order valence-corrected chi connectivity index (χ2v) is 6.10. The Balaban J connectivity index is 2.61. The highest BCUT2D eigenvalue weighted by Crippen LogP contribution is 2.43. The second kappa shape index (κ2) is 4.53. The number of nitrogens with two attached hydrogens (primary N) is 1. The highest BCUT2D eigenvalue weighted by molar-refractivity contribution is 5.87. The van der Waals surface area contributed by atoms with Gasteiger partial charge in [0, 0.05) is 18.0 Å². The van der Waals surface area contributed by atoms with Gasteiger partial charge < -0.3 is 10.5 Å². The normalized spacial score (nSPS) is 24.7. The summed E-state index contributed by atoms with van der Waals surface area (Å²) in [6, 6.07) is 7.75. The first-order valence-corrected chi connectivity index (χ1v) is 6.63. The van der Waals surface area contributed by atoms with Gasteiger partial charge in [-0.1, -0.05) is 18.2 Å². The zero-order valence-corrected chi connectivity index (χ0v) is 12.0. The number of carbonyl (C=O) groups excluding carboxylic acids is 1. The number of rotatable bonds is 3. The van der Waals surface area contributed by atoms with Gasteiger partial charge in [0.15, 0.2) is 0 Å². The lowest BCUT2D eigenvalue weighted by Crippen LogP contribution is -2.60. The Morgan fingerprint density at radius 2 is 2.00 bits per heavy atom. The van der Waals surface area contributed by atoms with Gasteiger partial charge in [-0.25, -0.2) is 0 Å². The summed E-state index contributed by atoms with van der Waals surface area (Å²) in [4.78, 5) is 12.2. The lowest BCUT2D eigenvalue weighted by atomic mass is 9.76. The van der Waals surface area contributed by atoms with Crippen LogP contribution in [0, 0.1) is 0 Å². The molecule has 0 spiro atoms. The number of hydrogen-bond donors (Lipinski definition) is 2. The van der Waals surface area contributed by atoms with E-state index in [2.05, 4.69) is 5.32 Å². The van der Waals surface area contributed by atoms with Crippen molar-refractivity contribution in [3.63, 3.8) is 0 Å². The Bertz CT molecular complexity index is 497. The number of nitrogens with one attached hydrogen (secondary N) is 1. The highest BCUT2D eigenvalue weighted by Gasteiger charge is 2.49. The molecule has 2 rings (SSSR count). The van der Waals surface area contributed by atoms with Gasteiger partial charge in [0.25, 0.3) is 0 Å². The third-order valence-corrected chi connectivity index (χ3v) is 3.38. The van der Waals surface area contributed by atoms with E-state index in [1.807, 2.05) is 52.0 Å². The molecule has 4 nitrogen and oxygen atoms in total. The molecule has 1 aliphatic rings. The van der Waals surface area contributed by atoms with Crippen LogP contribution >= 0.6 is 0 Å². The van der Waals surface area contributed by atoms with Crippen LogP contribution in [0.1, 0.15) is 39.7 Å². The molecule has 1 heterocycles. The monoisotopic (exact) mass is 262 g/mol. The fraction of sp³-hybridized carbons (Fsp3) is 0.533. The molecule has 1 amide bonds. The molecular weight excluding hydrogens is 240 g/mol. The van der Waals surface area contributed by atoms with Gasteiger partial charge in [0.2, 0.25) is 5.91 Å². The number of para-hydroxylation sites is 1. The maximum absolute atomic E-state index is 12.2. The number of amides is 1. The van der Waals surface area contributed by atoms with E-state index in [9.17, 15) is 4.79 Å². The van der Waals surface area contributed by atoms with E-state index in [0.717, 1.165) is 11.3 Å². The fourth-order valence-electron chi connectivity index (χ4n) is 2.89. The molecular formula is C15H22N2O2. The maximum Gasteiger partial charge on any atom is 0.242 e. The molecule has 0 aromatic heterocycles. The Kier molecular flexibility index (Phi) is 3.31. The molecule has 0 fully saturated rings. The first-order chi connectivity index (χ1) is 8.77. The molecule has 104 valence electrons. The van der Waals surface area contributed by atoms with E-state index in [0.29, 0.717) is 6.42 Å². The van der Waals surface area contributed by atoms with Gasteiger partial charge in [-0.15, -0.1) is 0 Å². The molecule has 1 aromatic carbocycles. The molecule has 0 radical (unpaired) electrons. The number of benzene rings is 1. The van der Waals surface area contributed by atoms with Gasteiger partial charge in [-0.3, -0.25) is 10.1 Å². The van der Waals surface area contributed by atoms with Crippen molar-refractivity contribution in [2.24, 2.45) is 5.73 Å². The number of fused-ring (bicyclic) bond motifs is 1. The molecule has 0 saturated carbocycles. The fourth-order valence-corrected chi connectivity index (χ4v) is 2.89. The zero-order chi connectivity index (χ0) is 14.3. The van der Waals surface area contributed by atoms with Crippen LogP contribution in [0.4, 0.5) is 0 Å². The SMILES string of the molecule is CC(C)NC1(C(N)=O)CC(C)(C)Oc2ccccc21. The minimum Gasteiger partial charge on any atom is -0.487 e. The summed E-state index contributed by atoms with van der Waals surface area (Å²) in [6.07, 6.45) is 0.518. The molecule has 0 saturated heterocycles. The molecule has 1 aromatic rings. The van der Waals surface area contributed by atoms with E-state index >= 15 is 0 Å². The van der Waals surface area contributed by atoms with Crippen LogP contribution < -0.4 is 15.8 Å². The first kappa shape index (κ1) is 13.9. The lowest BCUT2D eigenvalue weighted by Gasteiger charge is -2.45. The quantitative estimate of drug-likeness (QED) is 0.874. The van der Waals surface area contributed by atoms with Crippen LogP contribution in [0.25, 0.3) is 0 Å². The average Bonchev–Trinajstić information content (AvgIpc) is 2.26. The predicted molar refractivity (Wildman–Crippen MR) is 74.9 cm³/mol. The average molecular weight is 262 g/mol. The van der Waals surface area contributed by atoms with Crippen LogP contribution in [0.5, 0.6) is 5.75 Å². The standard InChI is InChI=1S/C15H22N2O2/c1-10(2)17-15(13(16)18)9-14(3,4)19-12-8-6-5-7-11(12)15/h5-8,10,17H,9H2,1-4H3,(H2,16,18). The molecule has 4 heteroatoms. The molecule has 1 atom stereocenters. The summed E-state index contributed by atoms with van der Waals surface area (Å²) in [5.41, 5.74) is 5.25. The topological polar surface area (TPSA) is 64.3 Å². The first-order valence-electron chi connectivity index (χ1n) is 6.63. The van der Waals surface area contributed by atoms with Crippen molar-refractivity contribution in [2.75, 3.05) is 0 Å². The predicted octanol–water partition coefficient (Wildman–Crippen LogP) is 1.93. The van der Waals surface area contributed by atoms with Crippen LogP contribution in [0.3, 0.4) is 0 Å². The van der Waals surface area contributed by atoms with Crippen molar-refractivity contribution in [2.45, 2.75) is 51.3 Å². The van der Waals surface area contributed by atoms with E-state index in [4.69, 9.17) is 10.5 Å². The molecule has 1 unspecified atom stereocenters.